The van der Waals surface area contributed by atoms with Gasteiger partial charge in [0, 0.05) is 7.05 Å². The summed E-state index contributed by atoms with van der Waals surface area (Å²) < 4.78 is 34.8. The first-order valence-electron chi connectivity index (χ1n) is 11.7. The fraction of sp³-hybridized carbons (Fsp3) is 0.455. The van der Waals surface area contributed by atoms with Crippen LogP contribution in [0.15, 0.2) is 36.5 Å². The first-order valence-corrected chi connectivity index (χ1v) is 15.7. The van der Waals surface area contributed by atoms with Gasteiger partial charge in [-0.15, -0.1) is 0 Å². The SMILES string of the molecule is CN(c1cc(Cl)nc2c1cnn2[C@@H]1O[C@H](COP(=O)(O)CP(=O)(O)O)[C@H](O)C1O)[C@@H]1CCc2ccccc21. The molecule has 1 aliphatic carbocycles. The van der Waals surface area contributed by atoms with Gasteiger partial charge in [0.1, 0.15) is 23.5 Å². The zero-order valence-corrected chi connectivity index (χ0v) is 22.7. The summed E-state index contributed by atoms with van der Waals surface area (Å²) in [5.74, 6) is -1.39. The second-order valence-electron chi connectivity index (χ2n) is 9.44. The maximum Gasteiger partial charge on any atom is 0.340 e. The minimum Gasteiger partial charge on any atom is -0.387 e. The van der Waals surface area contributed by atoms with Crippen molar-refractivity contribution < 1.29 is 43.3 Å². The monoisotopic (exact) mass is 588 g/mol. The lowest BCUT2D eigenvalue weighted by atomic mass is 10.1. The summed E-state index contributed by atoms with van der Waals surface area (Å²) in [6.45, 7) is -0.703. The van der Waals surface area contributed by atoms with E-state index in [1.54, 1.807) is 12.3 Å². The smallest absolute Gasteiger partial charge is 0.340 e. The van der Waals surface area contributed by atoms with Crippen molar-refractivity contribution >= 4 is 43.5 Å². The van der Waals surface area contributed by atoms with Crippen molar-refractivity contribution in [3.05, 3.63) is 52.8 Å². The number of aryl methyl sites for hydroxylation is 1. The molecule has 6 atom stereocenters. The molecular formula is C22H27ClN4O9P2. The third kappa shape index (κ3) is 5.41. The van der Waals surface area contributed by atoms with Gasteiger partial charge in [-0.05, 0) is 30.0 Å². The molecule has 16 heteroatoms. The molecule has 0 radical (unpaired) electrons. The number of halogens is 1. The van der Waals surface area contributed by atoms with Crippen LogP contribution in [0.3, 0.4) is 0 Å². The molecule has 5 rings (SSSR count). The van der Waals surface area contributed by atoms with Crippen LogP contribution >= 0.6 is 26.8 Å². The molecule has 1 aromatic carbocycles. The third-order valence-corrected chi connectivity index (χ3v) is 10.5. The van der Waals surface area contributed by atoms with E-state index in [9.17, 15) is 24.2 Å². The first kappa shape index (κ1) is 27.7. The Kier molecular flexibility index (Phi) is 7.47. The second-order valence-corrected chi connectivity index (χ2v) is 13.8. The van der Waals surface area contributed by atoms with Crippen LogP contribution in [0.5, 0.6) is 0 Å². The number of aromatic nitrogens is 3. The van der Waals surface area contributed by atoms with E-state index in [0.717, 1.165) is 18.5 Å². The number of hydrogen-bond donors (Lipinski definition) is 5. The summed E-state index contributed by atoms with van der Waals surface area (Å²) in [5.41, 5.74) is 3.57. The fourth-order valence-corrected chi connectivity index (χ4v) is 7.84. The highest BCUT2D eigenvalue weighted by molar-refractivity contribution is 7.70. The van der Waals surface area contributed by atoms with Crippen LogP contribution in [0.4, 0.5) is 5.69 Å². The van der Waals surface area contributed by atoms with E-state index in [4.69, 9.17) is 30.6 Å². The maximum atomic E-state index is 12.0. The molecule has 0 amide bonds. The Morgan fingerprint density at radius 3 is 2.68 bits per heavy atom. The number of fused-ring (bicyclic) bond motifs is 2. The Hall–Kier alpha value is -1.89. The zero-order valence-electron chi connectivity index (χ0n) is 20.1. The molecule has 2 unspecified atom stereocenters. The van der Waals surface area contributed by atoms with Gasteiger partial charge in [-0.1, -0.05) is 35.9 Å². The van der Waals surface area contributed by atoms with Crippen LogP contribution in [0.25, 0.3) is 11.0 Å². The molecular weight excluding hydrogens is 562 g/mol. The highest BCUT2D eigenvalue weighted by Gasteiger charge is 2.46. The van der Waals surface area contributed by atoms with Crippen LogP contribution in [0.1, 0.15) is 29.8 Å². The maximum absolute atomic E-state index is 12.0. The standard InChI is InChI=1S/C22H27ClN4O9P2/c1-26(15-7-6-12-4-2-3-5-13(12)15)16-8-18(23)25-21-14(16)9-24-27(21)22-20(29)19(28)17(36-22)10-35-38(33,34)11-37(30,31)32/h2-5,8-9,15,17,19-20,22,28-29H,6-7,10-11H2,1H3,(H,33,34)(H2,30,31,32)/t15-,17-,19+,20?,22-/m1/s1. The summed E-state index contributed by atoms with van der Waals surface area (Å²) in [6, 6.07) is 10.1. The van der Waals surface area contributed by atoms with E-state index >= 15 is 0 Å². The van der Waals surface area contributed by atoms with Gasteiger partial charge >= 0.3 is 15.2 Å². The number of hydrogen-bond acceptors (Lipinski definition) is 9. The number of nitrogens with zero attached hydrogens (tertiary/aromatic N) is 4. The van der Waals surface area contributed by atoms with Crippen LogP contribution in [-0.4, -0.2) is 77.5 Å². The van der Waals surface area contributed by atoms with Crippen molar-refractivity contribution in [1.29, 1.82) is 0 Å². The number of anilines is 1. The molecule has 1 saturated heterocycles. The molecule has 38 heavy (non-hydrogen) atoms. The largest absolute Gasteiger partial charge is 0.387 e. The van der Waals surface area contributed by atoms with E-state index in [0.29, 0.717) is 5.39 Å². The third-order valence-electron chi connectivity index (χ3n) is 6.84. The summed E-state index contributed by atoms with van der Waals surface area (Å²) in [6.07, 6.45) is -2.18. The van der Waals surface area contributed by atoms with Crippen molar-refractivity contribution in [3.8, 4) is 0 Å². The number of benzene rings is 1. The lowest BCUT2D eigenvalue weighted by molar-refractivity contribution is -0.0541. The molecule has 1 fully saturated rings. The van der Waals surface area contributed by atoms with Crippen molar-refractivity contribution in [1.82, 2.24) is 14.8 Å². The molecule has 0 spiro atoms. The van der Waals surface area contributed by atoms with Gasteiger partial charge in [-0.25, -0.2) is 9.67 Å². The average molecular weight is 589 g/mol. The average Bonchev–Trinajstić information content (AvgIpc) is 3.52. The van der Waals surface area contributed by atoms with Crippen molar-refractivity contribution in [2.24, 2.45) is 0 Å². The Bertz CT molecular complexity index is 1450. The van der Waals surface area contributed by atoms with Gasteiger partial charge < -0.3 is 39.1 Å². The molecule has 206 valence electrons. The van der Waals surface area contributed by atoms with Crippen LogP contribution in [-0.2, 0) is 24.8 Å². The molecule has 2 aromatic heterocycles. The highest BCUT2D eigenvalue weighted by Crippen LogP contribution is 2.55. The molecule has 3 heterocycles. The van der Waals surface area contributed by atoms with Gasteiger partial charge in [-0.3, -0.25) is 9.13 Å². The molecule has 3 aromatic rings. The predicted octanol–water partition coefficient (Wildman–Crippen LogP) is 2.16. The summed E-state index contributed by atoms with van der Waals surface area (Å²) >= 11 is 6.38. The Morgan fingerprint density at radius 1 is 1.21 bits per heavy atom. The van der Waals surface area contributed by atoms with Gasteiger partial charge in [0.05, 0.1) is 29.9 Å². The Labute approximate surface area is 222 Å². The van der Waals surface area contributed by atoms with Gasteiger partial charge in [0.2, 0.25) is 0 Å². The molecule has 13 nitrogen and oxygen atoms in total. The number of aliphatic hydroxyl groups excluding tert-OH is 2. The van der Waals surface area contributed by atoms with Crippen LogP contribution < -0.4 is 4.90 Å². The minimum atomic E-state index is -4.83. The normalized spacial score (nSPS) is 27.0. The van der Waals surface area contributed by atoms with Crippen LogP contribution in [0, 0.1) is 0 Å². The molecule has 0 saturated carbocycles. The Balaban J connectivity index is 1.40. The molecule has 5 N–H and O–H groups in total. The zero-order chi connectivity index (χ0) is 27.4. The molecule has 1 aliphatic heterocycles. The van der Waals surface area contributed by atoms with Gasteiger partial charge in [0.15, 0.2) is 17.8 Å². The Morgan fingerprint density at radius 2 is 1.95 bits per heavy atom. The highest BCUT2D eigenvalue weighted by atomic mass is 35.5. The molecule has 2 aliphatic rings. The predicted molar refractivity (Wildman–Crippen MR) is 137 cm³/mol. The van der Waals surface area contributed by atoms with Crippen molar-refractivity contribution in [2.75, 3.05) is 24.5 Å². The van der Waals surface area contributed by atoms with E-state index < -0.39 is 52.2 Å². The second kappa shape index (κ2) is 10.3. The van der Waals surface area contributed by atoms with Crippen LogP contribution in [0.2, 0.25) is 5.15 Å². The van der Waals surface area contributed by atoms with Crippen molar-refractivity contribution in [2.45, 2.75) is 43.4 Å². The summed E-state index contributed by atoms with van der Waals surface area (Å²) in [7, 11) is -7.56. The summed E-state index contributed by atoms with van der Waals surface area (Å²) in [4.78, 5) is 34.1. The number of ether oxygens (including phenoxy) is 1. The topological polar surface area (TPSA) is 188 Å². The molecule has 0 bridgehead atoms. The van der Waals surface area contributed by atoms with Crippen molar-refractivity contribution in [3.63, 3.8) is 0 Å². The lowest BCUT2D eigenvalue weighted by Crippen LogP contribution is -2.33. The summed E-state index contributed by atoms with van der Waals surface area (Å²) in [5, 5.41) is 26.3. The van der Waals surface area contributed by atoms with E-state index in [2.05, 4.69) is 27.1 Å². The van der Waals surface area contributed by atoms with E-state index in [-0.39, 0.29) is 16.8 Å². The fourth-order valence-electron chi connectivity index (χ4n) is 5.09. The first-order chi connectivity index (χ1) is 17.8. The quantitative estimate of drug-likeness (QED) is 0.191. The lowest BCUT2D eigenvalue weighted by Gasteiger charge is -2.28. The van der Waals surface area contributed by atoms with E-state index in [1.165, 1.54) is 15.8 Å². The van der Waals surface area contributed by atoms with Gasteiger partial charge in [0.25, 0.3) is 0 Å². The number of rotatable bonds is 8. The minimum absolute atomic E-state index is 0.107. The number of pyridine rings is 1. The van der Waals surface area contributed by atoms with E-state index in [1.807, 2.05) is 19.2 Å². The van der Waals surface area contributed by atoms with Gasteiger partial charge in [-0.2, -0.15) is 5.10 Å². The number of aliphatic hydroxyl groups is 2.